The van der Waals surface area contributed by atoms with E-state index in [9.17, 15) is 9.59 Å². The number of amides is 1. The van der Waals surface area contributed by atoms with Gasteiger partial charge in [-0.05, 0) is 31.2 Å². The Morgan fingerprint density at radius 2 is 1.97 bits per heavy atom. The summed E-state index contributed by atoms with van der Waals surface area (Å²) in [6.45, 7) is 5.38. The molecule has 1 aliphatic heterocycles. The van der Waals surface area contributed by atoms with E-state index in [2.05, 4.69) is 25.1 Å². The second-order valence-corrected chi connectivity index (χ2v) is 7.41. The number of piperazine rings is 1. The van der Waals surface area contributed by atoms with Crippen molar-refractivity contribution < 1.29 is 14.3 Å². The van der Waals surface area contributed by atoms with Crippen molar-refractivity contribution in [2.45, 2.75) is 6.92 Å². The number of benzene rings is 1. The van der Waals surface area contributed by atoms with Crippen molar-refractivity contribution in [1.82, 2.24) is 14.9 Å². The molecule has 3 heterocycles. The van der Waals surface area contributed by atoms with Crippen LogP contribution in [0.15, 0.2) is 42.6 Å². The average Bonchev–Trinajstić information content (AvgIpc) is 3.11. The van der Waals surface area contributed by atoms with Gasteiger partial charge in [0.05, 0.1) is 19.3 Å². The van der Waals surface area contributed by atoms with Crippen molar-refractivity contribution >= 4 is 34.3 Å². The first-order chi connectivity index (χ1) is 14.5. The smallest absolute Gasteiger partial charge is 0.356 e. The van der Waals surface area contributed by atoms with Crippen molar-refractivity contribution in [3.63, 3.8) is 0 Å². The molecule has 0 radical (unpaired) electrons. The van der Waals surface area contributed by atoms with Crippen LogP contribution in [0.2, 0.25) is 0 Å². The highest BCUT2D eigenvalue weighted by Gasteiger charge is 2.23. The Morgan fingerprint density at radius 3 is 2.67 bits per heavy atom. The molecular weight excluding hydrogens is 382 g/mol. The third kappa shape index (κ3) is 4.13. The van der Waals surface area contributed by atoms with Gasteiger partial charge < -0.3 is 19.9 Å². The van der Waals surface area contributed by atoms with Gasteiger partial charge in [0.15, 0.2) is 0 Å². The molecule has 30 heavy (non-hydrogen) atoms. The van der Waals surface area contributed by atoms with Crippen LogP contribution in [0.4, 0.5) is 11.5 Å². The first-order valence-electron chi connectivity index (χ1n) is 9.94. The topological polar surface area (TPSA) is 90.6 Å². The molecule has 0 unspecified atom stereocenters. The Labute approximate surface area is 174 Å². The summed E-state index contributed by atoms with van der Waals surface area (Å²) in [5, 5.41) is 3.72. The Kier molecular flexibility index (Phi) is 5.67. The lowest BCUT2D eigenvalue weighted by Crippen LogP contribution is -2.48. The molecule has 8 heteroatoms. The molecule has 1 aliphatic rings. The third-order valence-electron chi connectivity index (χ3n) is 5.32. The van der Waals surface area contributed by atoms with E-state index in [1.165, 1.54) is 7.11 Å². The molecule has 1 saturated heterocycles. The van der Waals surface area contributed by atoms with E-state index in [4.69, 9.17) is 4.74 Å². The highest BCUT2D eigenvalue weighted by Crippen LogP contribution is 2.29. The molecule has 156 valence electrons. The summed E-state index contributed by atoms with van der Waals surface area (Å²) >= 11 is 0. The van der Waals surface area contributed by atoms with Gasteiger partial charge in [0.25, 0.3) is 0 Å². The number of pyridine rings is 1. The van der Waals surface area contributed by atoms with Crippen molar-refractivity contribution in [3.05, 3.63) is 53.9 Å². The van der Waals surface area contributed by atoms with Gasteiger partial charge >= 0.3 is 5.97 Å². The maximum absolute atomic E-state index is 12.8. The first kappa shape index (κ1) is 19.9. The largest absolute Gasteiger partial charge is 0.464 e. The number of rotatable bonds is 5. The Bertz CT molecular complexity index is 1060. The number of nitrogens with one attached hydrogen (secondary N) is 2. The summed E-state index contributed by atoms with van der Waals surface area (Å²) < 4.78 is 4.88. The fourth-order valence-electron chi connectivity index (χ4n) is 3.75. The molecule has 1 fully saturated rings. The lowest BCUT2D eigenvalue weighted by Gasteiger charge is -2.34. The maximum Gasteiger partial charge on any atom is 0.356 e. The van der Waals surface area contributed by atoms with Gasteiger partial charge in [0, 0.05) is 43.3 Å². The number of nitrogens with zero attached hydrogens (tertiary/aromatic N) is 3. The van der Waals surface area contributed by atoms with Crippen molar-refractivity contribution in [3.8, 4) is 0 Å². The minimum absolute atomic E-state index is 0.158. The molecular formula is C22H25N5O3. The highest BCUT2D eigenvalue weighted by atomic mass is 16.5. The molecule has 0 saturated carbocycles. The lowest BCUT2D eigenvalue weighted by atomic mass is 10.1. The van der Waals surface area contributed by atoms with E-state index in [-0.39, 0.29) is 18.1 Å². The van der Waals surface area contributed by atoms with Gasteiger partial charge in [-0.1, -0.05) is 17.7 Å². The molecule has 0 spiro atoms. The Balaban J connectivity index is 1.44. The SMILES string of the molecule is COC(=O)c1[nH]c2ccc(C)cc2c1NC(=O)CN1CCN(c2ccccn2)CC1. The van der Waals surface area contributed by atoms with Crippen LogP contribution in [-0.4, -0.2) is 66.6 Å². The number of H-pyrrole nitrogens is 1. The number of fused-ring (bicyclic) bond motifs is 1. The van der Waals surface area contributed by atoms with Crippen LogP contribution >= 0.6 is 0 Å². The summed E-state index contributed by atoms with van der Waals surface area (Å²) in [4.78, 5) is 36.7. The molecule has 3 aromatic rings. The lowest BCUT2D eigenvalue weighted by molar-refractivity contribution is -0.117. The summed E-state index contributed by atoms with van der Waals surface area (Å²) in [6.07, 6.45) is 1.79. The first-order valence-corrected chi connectivity index (χ1v) is 9.94. The van der Waals surface area contributed by atoms with Crippen LogP contribution in [0.3, 0.4) is 0 Å². The second kappa shape index (κ2) is 8.54. The highest BCUT2D eigenvalue weighted by molar-refractivity contribution is 6.11. The van der Waals surface area contributed by atoms with Crippen LogP contribution in [0.1, 0.15) is 16.1 Å². The number of anilines is 2. The molecule has 1 aromatic carbocycles. The van der Waals surface area contributed by atoms with Gasteiger partial charge in [-0.2, -0.15) is 0 Å². The van der Waals surface area contributed by atoms with Crippen molar-refractivity contribution in [1.29, 1.82) is 0 Å². The molecule has 0 aliphatic carbocycles. The molecule has 0 atom stereocenters. The van der Waals surface area contributed by atoms with E-state index in [1.54, 1.807) is 6.20 Å². The number of ether oxygens (including phenoxy) is 1. The maximum atomic E-state index is 12.8. The summed E-state index contributed by atoms with van der Waals surface area (Å²) in [7, 11) is 1.33. The number of esters is 1. The van der Waals surface area contributed by atoms with Crippen molar-refractivity contribution in [2.75, 3.05) is 50.1 Å². The van der Waals surface area contributed by atoms with Gasteiger partial charge in [0.1, 0.15) is 11.5 Å². The van der Waals surface area contributed by atoms with Crippen molar-refractivity contribution in [2.24, 2.45) is 0 Å². The number of hydrogen-bond donors (Lipinski definition) is 2. The third-order valence-corrected chi connectivity index (χ3v) is 5.32. The van der Waals surface area contributed by atoms with Crippen LogP contribution in [0, 0.1) is 6.92 Å². The summed E-state index contributed by atoms with van der Waals surface area (Å²) in [5.74, 6) is 0.287. The number of aryl methyl sites for hydroxylation is 1. The number of aromatic nitrogens is 2. The van der Waals surface area contributed by atoms with Gasteiger partial charge in [-0.3, -0.25) is 9.69 Å². The fourth-order valence-corrected chi connectivity index (χ4v) is 3.75. The number of carbonyl (C=O) groups excluding carboxylic acids is 2. The van der Waals surface area contributed by atoms with Crippen LogP contribution in [0.25, 0.3) is 10.9 Å². The van der Waals surface area contributed by atoms with Crippen LogP contribution in [0.5, 0.6) is 0 Å². The molecule has 2 aromatic heterocycles. The zero-order valence-corrected chi connectivity index (χ0v) is 17.1. The van der Waals surface area contributed by atoms with E-state index >= 15 is 0 Å². The number of aromatic amines is 1. The Morgan fingerprint density at radius 1 is 1.17 bits per heavy atom. The predicted octanol–water partition coefficient (Wildman–Crippen LogP) is 2.42. The zero-order valence-electron chi connectivity index (χ0n) is 17.1. The fraction of sp³-hybridized carbons (Fsp3) is 0.318. The monoisotopic (exact) mass is 407 g/mol. The van der Waals surface area contributed by atoms with E-state index in [0.29, 0.717) is 5.69 Å². The number of methoxy groups -OCH3 is 1. The molecule has 4 rings (SSSR count). The molecule has 0 bridgehead atoms. The van der Waals surface area contributed by atoms with Gasteiger partial charge in [-0.15, -0.1) is 0 Å². The van der Waals surface area contributed by atoms with Crippen LogP contribution in [-0.2, 0) is 9.53 Å². The van der Waals surface area contributed by atoms with E-state index < -0.39 is 5.97 Å². The number of hydrogen-bond acceptors (Lipinski definition) is 6. The quantitative estimate of drug-likeness (QED) is 0.632. The van der Waals surface area contributed by atoms with Gasteiger partial charge in [-0.25, -0.2) is 9.78 Å². The molecule has 2 N–H and O–H groups in total. The van der Waals surface area contributed by atoms with E-state index in [1.807, 2.05) is 43.3 Å². The average molecular weight is 407 g/mol. The van der Waals surface area contributed by atoms with Crippen LogP contribution < -0.4 is 10.2 Å². The van der Waals surface area contributed by atoms with Gasteiger partial charge in [0.2, 0.25) is 5.91 Å². The Hall–Kier alpha value is -3.39. The predicted molar refractivity (Wildman–Crippen MR) is 116 cm³/mol. The van der Waals surface area contributed by atoms with E-state index in [0.717, 1.165) is 48.5 Å². The normalized spacial score (nSPS) is 14.7. The second-order valence-electron chi connectivity index (χ2n) is 7.41. The summed E-state index contributed by atoms with van der Waals surface area (Å²) in [6, 6.07) is 11.7. The molecule has 8 nitrogen and oxygen atoms in total. The summed E-state index contributed by atoms with van der Waals surface area (Å²) in [5.41, 5.74) is 2.54. The number of carbonyl (C=O) groups is 2. The minimum atomic E-state index is -0.511. The zero-order chi connectivity index (χ0) is 21.1. The molecule has 1 amide bonds. The standard InChI is InChI=1S/C22H25N5O3/c1-15-6-7-17-16(13-15)20(21(24-17)22(29)30-2)25-19(28)14-26-9-11-27(12-10-26)18-5-3-4-8-23-18/h3-8,13,24H,9-12,14H2,1-2H3,(H,25,28). The minimum Gasteiger partial charge on any atom is -0.464 e.